The lowest BCUT2D eigenvalue weighted by molar-refractivity contribution is -0.385. The molecule has 158 valence electrons. The van der Waals surface area contributed by atoms with Gasteiger partial charge in [0.2, 0.25) is 0 Å². The first-order chi connectivity index (χ1) is 15.0. The minimum Gasteiger partial charge on any atom is -0.466 e. The van der Waals surface area contributed by atoms with Crippen molar-refractivity contribution in [2.45, 2.75) is 18.1 Å². The number of esters is 1. The van der Waals surface area contributed by atoms with Gasteiger partial charge in [-0.1, -0.05) is 52.8 Å². The molecule has 1 aromatic heterocycles. The highest BCUT2D eigenvalue weighted by Crippen LogP contribution is 2.40. The van der Waals surface area contributed by atoms with E-state index in [2.05, 4.69) is 10.3 Å². The number of hydrogen-bond acceptors (Lipinski definition) is 9. The molecule has 10 heteroatoms. The Morgan fingerprint density at radius 1 is 1.23 bits per heavy atom. The molecule has 0 fully saturated rings. The summed E-state index contributed by atoms with van der Waals surface area (Å²) in [5.41, 5.74) is -1.11. The van der Waals surface area contributed by atoms with Crippen LogP contribution in [0.1, 0.15) is 23.8 Å². The molecule has 0 bridgehead atoms. The molecule has 10 nitrogen and oxygen atoms in total. The molecule has 0 amide bonds. The second-order valence-corrected chi connectivity index (χ2v) is 6.85. The first kappa shape index (κ1) is 20.2. The summed E-state index contributed by atoms with van der Waals surface area (Å²) in [6, 6.07) is 16.5. The van der Waals surface area contributed by atoms with Crippen LogP contribution >= 0.6 is 0 Å². The number of carbonyl (C=O) groups excluding carboxylic acids is 1. The van der Waals surface area contributed by atoms with Crippen molar-refractivity contribution in [2.24, 2.45) is 5.16 Å². The predicted octanol–water partition coefficient (Wildman–Crippen LogP) is 3.02. The van der Waals surface area contributed by atoms with Gasteiger partial charge < -0.3 is 19.2 Å². The van der Waals surface area contributed by atoms with E-state index in [-0.39, 0.29) is 29.1 Å². The van der Waals surface area contributed by atoms with Crippen LogP contribution in [0.15, 0.2) is 70.3 Å². The molecule has 2 atom stereocenters. The zero-order valence-electron chi connectivity index (χ0n) is 16.3. The van der Waals surface area contributed by atoms with E-state index in [1.54, 1.807) is 18.2 Å². The number of aliphatic hydroxyl groups is 1. The van der Waals surface area contributed by atoms with Crippen LogP contribution in [0.4, 0.5) is 5.69 Å². The molecular formula is C21H17N3O7. The number of ether oxygens (including phenoxy) is 1. The van der Waals surface area contributed by atoms with Crippen molar-refractivity contribution in [3.05, 3.63) is 82.0 Å². The third-order valence-corrected chi connectivity index (χ3v) is 5.00. The average Bonchev–Trinajstić information content (AvgIpc) is 3.47. The quantitative estimate of drug-likeness (QED) is 0.363. The van der Waals surface area contributed by atoms with Crippen molar-refractivity contribution < 1.29 is 28.9 Å². The van der Waals surface area contributed by atoms with Crippen molar-refractivity contribution in [3.63, 3.8) is 0 Å². The SMILES string of the molecule is COC(=O)C1(C(O)c2cc(-c3ccccc3)on2)CC(c2ccccc2[N+](=O)[O-])=NO1. The number of benzene rings is 2. The predicted molar refractivity (Wildman–Crippen MR) is 107 cm³/mol. The Bertz CT molecular complexity index is 1160. The number of carbonyl (C=O) groups is 1. The minimum absolute atomic E-state index is 0.0308. The number of nitro groups is 1. The number of nitrogens with zero attached hydrogens (tertiary/aromatic N) is 3. The summed E-state index contributed by atoms with van der Waals surface area (Å²) in [6.07, 6.45) is -1.87. The number of rotatable bonds is 6. The maximum atomic E-state index is 12.7. The van der Waals surface area contributed by atoms with Gasteiger partial charge >= 0.3 is 5.97 Å². The molecular weight excluding hydrogens is 406 g/mol. The smallest absolute Gasteiger partial charge is 0.356 e. The summed E-state index contributed by atoms with van der Waals surface area (Å²) in [6.45, 7) is 0. The van der Waals surface area contributed by atoms with Crippen molar-refractivity contribution in [1.82, 2.24) is 5.16 Å². The molecule has 0 aliphatic carbocycles. The highest BCUT2D eigenvalue weighted by Gasteiger charge is 2.56. The highest BCUT2D eigenvalue weighted by molar-refractivity contribution is 6.07. The largest absolute Gasteiger partial charge is 0.466 e. The molecule has 0 spiro atoms. The summed E-state index contributed by atoms with van der Waals surface area (Å²) in [5.74, 6) is -0.519. The zero-order chi connectivity index (χ0) is 22.0. The Morgan fingerprint density at radius 3 is 2.65 bits per heavy atom. The normalized spacial score (nSPS) is 18.7. The fourth-order valence-corrected chi connectivity index (χ4v) is 3.41. The second kappa shape index (κ2) is 8.00. The number of hydrogen-bond donors (Lipinski definition) is 1. The summed E-state index contributed by atoms with van der Waals surface area (Å²) in [5, 5.41) is 30.1. The lowest BCUT2D eigenvalue weighted by atomic mass is 9.87. The number of aliphatic hydroxyl groups excluding tert-OH is 1. The number of para-hydroxylation sites is 1. The highest BCUT2D eigenvalue weighted by atomic mass is 16.7. The molecule has 0 radical (unpaired) electrons. The Balaban J connectivity index is 1.67. The Labute approximate surface area is 175 Å². The lowest BCUT2D eigenvalue weighted by Gasteiger charge is -2.27. The first-order valence-corrected chi connectivity index (χ1v) is 9.23. The van der Waals surface area contributed by atoms with Gasteiger partial charge in [0.15, 0.2) is 11.9 Å². The number of methoxy groups -OCH3 is 1. The van der Waals surface area contributed by atoms with E-state index in [9.17, 15) is 20.0 Å². The minimum atomic E-state index is -1.97. The first-order valence-electron chi connectivity index (χ1n) is 9.23. The Kier molecular flexibility index (Phi) is 5.22. The zero-order valence-corrected chi connectivity index (χ0v) is 16.3. The second-order valence-electron chi connectivity index (χ2n) is 6.85. The Hall–Kier alpha value is -4.05. The summed E-state index contributed by atoms with van der Waals surface area (Å²) in [7, 11) is 1.14. The van der Waals surface area contributed by atoms with Gasteiger partial charge in [-0.25, -0.2) is 4.79 Å². The van der Waals surface area contributed by atoms with Crippen LogP contribution in [-0.2, 0) is 14.4 Å². The fraction of sp³-hybridized carbons (Fsp3) is 0.190. The van der Waals surface area contributed by atoms with Gasteiger partial charge in [-0.15, -0.1) is 0 Å². The molecule has 1 N–H and O–H groups in total. The maximum absolute atomic E-state index is 12.7. The number of oxime groups is 1. The maximum Gasteiger partial charge on any atom is 0.356 e. The van der Waals surface area contributed by atoms with Gasteiger partial charge in [0, 0.05) is 17.7 Å². The molecule has 3 aromatic rings. The summed E-state index contributed by atoms with van der Waals surface area (Å²) in [4.78, 5) is 28.8. The third kappa shape index (κ3) is 3.53. The molecule has 0 saturated heterocycles. The van der Waals surface area contributed by atoms with Crippen LogP contribution in [0.2, 0.25) is 0 Å². The van der Waals surface area contributed by atoms with E-state index < -0.39 is 22.6 Å². The van der Waals surface area contributed by atoms with Crippen molar-refractivity contribution in [1.29, 1.82) is 0 Å². The van der Waals surface area contributed by atoms with Crippen LogP contribution in [-0.4, -0.2) is 39.6 Å². The number of nitro benzene ring substituents is 1. The molecule has 2 heterocycles. The van der Waals surface area contributed by atoms with E-state index in [1.807, 2.05) is 18.2 Å². The molecule has 31 heavy (non-hydrogen) atoms. The molecule has 1 aliphatic heterocycles. The average molecular weight is 423 g/mol. The van der Waals surface area contributed by atoms with E-state index in [4.69, 9.17) is 14.1 Å². The van der Waals surface area contributed by atoms with Crippen LogP contribution in [0.25, 0.3) is 11.3 Å². The third-order valence-electron chi connectivity index (χ3n) is 5.00. The van der Waals surface area contributed by atoms with Crippen LogP contribution in [0.5, 0.6) is 0 Å². The van der Waals surface area contributed by atoms with Crippen molar-refractivity contribution in [2.75, 3.05) is 7.11 Å². The van der Waals surface area contributed by atoms with Crippen LogP contribution < -0.4 is 0 Å². The fourth-order valence-electron chi connectivity index (χ4n) is 3.41. The molecule has 4 rings (SSSR count). The van der Waals surface area contributed by atoms with Gasteiger partial charge in [0.05, 0.1) is 29.7 Å². The van der Waals surface area contributed by atoms with Crippen molar-refractivity contribution >= 4 is 17.4 Å². The van der Waals surface area contributed by atoms with Gasteiger partial charge in [-0.3, -0.25) is 10.1 Å². The van der Waals surface area contributed by atoms with Crippen LogP contribution in [0.3, 0.4) is 0 Å². The molecule has 2 unspecified atom stereocenters. The monoisotopic (exact) mass is 423 g/mol. The lowest BCUT2D eigenvalue weighted by Crippen LogP contribution is -2.46. The van der Waals surface area contributed by atoms with E-state index in [1.165, 1.54) is 24.3 Å². The van der Waals surface area contributed by atoms with Gasteiger partial charge in [-0.05, 0) is 6.07 Å². The van der Waals surface area contributed by atoms with Gasteiger partial charge in [0.25, 0.3) is 11.3 Å². The molecule has 2 aromatic carbocycles. The van der Waals surface area contributed by atoms with E-state index >= 15 is 0 Å². The van der Waals surface area contributed by atoms with Crippen molar-refractivity contribution in [3.8, 4) is 11.3 Å². The summed E-state index contributed by atoms with van der Waals surface area (Å²) < 4.78 is 10.2. The topological polar surface area (TPSA) is 137 Å². The standard InChI is InChI=1S/C21H17N3O7/c1-29-20(26)21(12-16(23-31-21)14-9-5-6-10-17(14)24(27)28)19(25)15-11-18(30-22-15)13-7-3-2-4-8-13/h2-11,19,25H,12H2,1H3. The van der Waals surface area contributed by atoms with E-state index in [0.717, 1.165) is 12.7 Å². The van der Waals surface area contributed by atoms with E-state index in [0.29, 0.717) is 5.76 Å². The Morgan fingerprint density at radius 2 is 1.94 bits per heavy atom. The van der Waals surface area contributed by atoms with Crippen LogP contribution in [0, 0.1) is 10.1 Å². The number of aromatic nitrogens is 1. The summed E-state index contributed by atoms with van der Waals surface area (Å²) >= 11 is 0. The van der Waals surface area contributed by atoms with Gasteiger partial charge in [-0.2, -0.15) is 0 Å². The van der Waals surface area contributed by atoms with Gasteiger partial charge in [0.1, 0.15) is 5.69 Å². The molecule has 1 aliphatic rings. The molecule has 0 saturated carbocycles.